The zero-order valence-electron chi connectivity index (χ0n) is 27.4. The van der Waals surface area contributed by atoms with E-state index < -0.39 is 11.4 Å². The first-order valence-electron chi connectivity index (χ1n) is 15.8. The van der Waals surface area contributed by atoms with Crippen LogP contribution in [0.2, 0.25) is 0 Å². The monoisotopic (exact) mass is 641 g/mol. The van der Waals surface area contributed by atoms with Crippen LogP contribution >= 0.6 is 0 Å². The summed E-state index contributed by atoms with van der Waals surface area (Å²) in [6.45, 7) is 8.57. The average molecular weight is 642 g/mol. The molecule has 1 N–H and O–H groups in total. The molecule has 0 aliphatic carbocycles. The Morgan fingerprint density at radius 1 is 0.894 bits per heavy atom. The number of H-pyrrole nitrogens is 1. The second-order valence-corrected chi connectivity index (χ2v) is 12.7. The normalized spacial score (nSPS) is 15.4. The van der Waals surface area contributed by atoms with E-state index in [0.717, 1.165) is 33.3 Å². The third-order valence-electron chi connectivity index (χ3n) is 8.41. The van der Waals surface area contributed by atoms with E-state index in [0.29, 0.717) is 68.6 Å². The Morgan fingerprint density at radius 3 is 2.36 bits per heavy atom. The molecule has 6 rings (SSSR count). The summed E-state index contributed by atoms with van der Waals surface area (Å²) in [6, 6.07) is 14.9. The van der Waals surface area contributed by atoms with Gasteiger partial charge in [-0.05, 0) is 57.0 Å². The predicted molar refractivity (Wildman–Crippen MR) is 180 cm³/mol. The Hall–Kier alpha value is -5.06. The summed E-state index contributed by atoms with van der Waals surface area (Å²) in [5.74, 6) is 1.06. The van der Waals surface area contributed by atoms with E-state index in [4.69, 9.17) is 14.2 Å². The van der Waals surface area contributed by atoms with Crippen molar-refractivity contribution in [3.8, 4) is 22.6 Å². The summed E-state index contributed by atoms with van der Waals surface area (Å²) in [4.78, 5) is 40.3. The van der Waals surface area contributed by atoms with Crippen LogP contribution in [0.1, 0.15) is 43.2 Å². The van der Waals surface area contributed by atoms with Gasteiger partial charge in [0.15, 0.2) is 11.6 Å². The molecular formula is C36H40FN5O5. The molecule has 2 aliphatic rings. The number of ether oxygens (including phenoxy) is 3. The smallest absolute Gasteiger partial charge is 0.410 e. The molecule has 0 saturated carbocycles. The van der Waals surface area contributed by atoms with Crippen LogP contribution in [-0.2, 0) is 4.74 Å². The number of methoxy groups -OCH3 is 2. The van der Waals surface area contributed by atoms with Crippen LogP contribution < -0.4 is 14.4 Å². The number of amides is 2. The van der Waals surface area contributed by atoms with Gasteiger partial charge in [0.2, 0.25) is 0 Å². The Labute approximate surface area is 273 Å². The number of pyridine rings is 1. The second kappa shape index (κ2) is 13.0. The molecule has 4 heterocycles. The summed E-state index contributed by atoms with van der Waals surface area (Å²) in [5, 5.41) is 0.876. The van der Waals surface area contributed by atoms with Gasteiger partial charge >= 0.3 is 6.09 Å². The lowest BCUT2D eigenvalue weighted by atomic mass is 9.98. The Balaban J connectivity index is 1.31. The minimum atomic E-state index is -0.580. The van der Waals surface area contributed by atoms with Gasteiger partial charge in [-0.25, -0.2) is 14.2 Å². The van der Waals surface area contributed by atoms with Crippen molar-refractivity contribution in [2.45, 2.75) is 32.8 Å². The van der Waals surface area contributed by atoms with E-state index in [9.17, 15) is 14.0 Å². The molecular weight excluding hydrogens is 601 g/mol. The number of hydrogen-bond donors (Lipinski definition) is 1. The van der Waals surface area contributed by atoms with Crippen LogP contribution in [0.3, 0.4) is 0 Å². The van der Waals surface area contributed by atoms with Crippen molar-refractivity contribution in [2.75, 3.05) is 58.4 Å². The first kappa shape index (κ1) is 31.9. The van der Waals surface area contributed by atoms with Crippen molar-refractivity contribution < 1.29 is 28.2 Å². The fourth-order valence-corrected chi connectivity index (χ4v) is 6.15. The number of rotatable bonds is 6. The Morgan fingerprint density at radius 2 is 1.64 bits per heavy atom. The zero-order chi connectivity index (χ0) is 33.3. The number of fused-ring (bicyclic) bond motifs is 1. The minimum Gasteiger partial charge on any atom is -0.496 e. The highest BCUT2D eigenvalue weighted by molar-refractivity contribution is 6.05. The van der Waals surface area contributed by atoms with E-state index in [1.165, 1.54) is 19.4 Å². The quantitative estimate of drug-likeness (QED) is 0.261. The van der Waals surface area contributed by atoms with E-state index in [-0.39, 0.29) is 12.0 Å². The van der Waals surface area contributed by atoms with Gasteiger partial charge in [-0.3, -0.25) is 4.79 Å². The van der Waals surface area contributed by atoms with E-state index >= 15 is 0 Å². The van der Waals surface area contributed by atoms with Crippen LogP contribution in [0.5, 0.6) is 11.5 Å². The molecule has 47 heavy (non-hydrogen) atoms. The standard InChI is InChI=1S/C36H40FN5O5/c1-36(2,3)47-35(44)42-12-8-9-23(22-42)29-19-24-17-25(18-28(32(24)39-29)27-10-6-7-11-30(27)45-4)34(43)41-15-13-40(14-16-41)33-31(46-5)20-26(37)21-38-33/h6-7,9-11,17-21,39H,8,12-16,22H2,1-5H3. The number of para-hydroxylation sites is 1. The number of aromatic amines is 1. The molecule has 0 unspecified atom stereocenters. The highest BCUT2D eigenvalue weighted by Gasteiger charge is 2.28. The number of nitrogens with zero attached hydrogens (tertiary/aromatic N) is 4. The molecule has 2 amide bonds. The van der Waals surface area contributed by atoms with Gasteiger partial charge < -0.3 is 33.9 Å². The topological polar surface area (TPSA) is 100 Å². The van der Waals surface area contributed by atoms with Crippen LogP contribution in [-0.4, -0.2) is 90.9 Å². The van der Waals surface area contributed by atoms with Gasteiger partial charge in [0.05, 0.1) is 32.5 Å². The molecule has 246 valence electrons. The summed E-state index contributed by atoms with van der Waals surface area (Å²) >= 11 is 0. The van der Waals surface area contributed by atoms with Gasteiger partial charge in [-0.1, -0.05) is 24.3 Å². The molecule has 2 aliphatic heterocycles. The number of hydrogen-bond acceptors (Lipinski definition) is 7. The molecule has 1 saturated heterocycles. The number of anilines is 1. The number of nitrogens with one attached hydrogen (secondary N) is 1. The molecule has 1 fully saturated rings. The van der Waals surface area contributed by atoms with Crippen molar-refractivity contribution in [1.29, 1.82) is 0 Å². The largest absolute Gasteiger partial charge is 0.496 e. The van der Waals surface area contributed by atoms with Crippen molar-refractivity contribution in [3.05, 3.63) is 77.9 Å². The number of halogens is 1. The van der Waals surface area contributed by atoms with Crippen molar-refractivity contribution in [1.82, 2.24) is 19.8 Å². The average Bonchev–Trinajstić information content (AvgIpc) is 3.51. The van der Waals surface area contributed by atoms with E-state index in [1.54, 1.807) is 12.0 Å². The molecule has 2 aromatic heterocycles. The van der Waals surface area contributed by atoms with Crippen LogP contribution in [0.15, 0.2) is 60.8 Å². The summed E-state index contributed by atoms with van der Waals surface area (Å²) < 4.78 is 30.4. The number of benzene rings is 2. The lowest BCUT2D eigenvalue weighted by Gasteiger charge is -2.36. The van der Waals surface area contributed by atoms with E-state index in [1.807, 2.05) is 73.0 Å². The fraction of sp³-hybridized carbons (Fsp3) is 0.361. The van der Waals surface area contributed by atoms with E-state index in [2.05, 4.69) is 16.0 Å². The summed E-state index contributed by atoms with van der Waals surface area (Å²) in [5.41, 5.74) is 4.41. The number of aromatic nitrogens is 2. The maximum absolute atomic E-state index is 14.0. The highest BCUT2D eigenvalue weighted by atomic mass is 19.1. The molecule has 0 bridgehead atoms. The van der Waals surface area contributed by atoms with Crippen molar-refractivity contribution in [3.63, 3.8) is 0 Å². The van der Waals surface area contributed by atoms with Gasteiger partial charge in [0.1, 0.15) is 17.2 Å². The number of carbonyl (C=O) groups is 2. The third-order valence-corrected chi connectivity index (χ3v) is 8.41. The maximum Gasteiger partial charge on any atom is 0.410 e. The molecule has 2 aromatic carbocycles. The number of piperazine rings is 1. The van der Waals surface area contributed by atoms with Crippen LogP contribution in [0, 0.1) is 5.82 Å². The summed E-state index contributed by atoms with van der Waals surface area (Å²) in [6.07, 6.45) is 3.69. The van der Waals surface area contributed by atoms with Crippen molar-refractivity contribution >= 4 is 34.3 Å². The fourth-order valence-electron chi connectivity index (χ4n) is 6.15. The third kappa shape index (κ3) is 6.74. The van der Waals surface area contributed by atoms with Crippen LogP contribution in [0.4, 0.5) is 15.0 Å². The molecule has 10 nitrogen and oxygen atoms in total. The lowest BCUT2D eigenvalue weighted by Crippen LogP contribution is -2.49. The Kier molecular flexibility index (Phi) is 8.81. The van der Waals surface area contributed by atoms with Gasteiger partial charge in [-0.2, -0.15) is 0 Å². The molecule has 0 spiro atoms. The maximum atomic E-state index is 14.0. The highest BCUT2D eigenvalue weighted by Crippen LogP contribution is 2.38. The Bertz CT molecular complexity index is 1840. The lowest BCUT2D eigenvalue weighted by molar-refractivity contribution is 0.0273. The van der Waals surface area contributed by atoms with Crippen LogP contribution in [0.25, 0.3) is 27.6 Å². The molecule has 0 radical (unpaired) electrons. The van der Waals surface area contributed by atoms with Gasteiger partial charge in [0.25, 0.3) is 5.91 Å². The minimum absolute atomic E-state index is 0.0857. The molecule has 11 heteroatoms. The van der Waals surface area contributed by atoms with Crippen molar-refractivity contribution in [2.24, 2.45) is 0 Å². The van der Waals surface area contributed by atoms with Gasteiger partial charge in [0, 0.05) is 66.6 Å². The van der Waals surface area contributed by atoms with Gasteiger partial charge in [-0.15, -0.1) is 0 Å². The first-order chi connectivity index (χ1) is 22.5. The SMILES string of the molecule is COc1ccccc1-c1cc(C(=O)N2CCN(c3ncc(F)cc3OC)CC2)cc2cc(C3=CCCN(C(=O)OC(C)(C)C)C3)[nH]c12. The summed E-state index contributed by atoms with van der Waals surface area (Å²) in [7, 11) is 3.12. The predicted octanol–water partition coefficient (Wildman–Crippen LogP) is 6.37. The molecule has 0 atom stereocenters. The second-order valence-electron chi connectivity index (χ2n) is 12.7. The molecule has 4 aromatic rings. The zero-order valence-corrected chi connectivity index (χ0v) is 27.4. The first-order valence-corrected chi connectivity index (χ1v) is 15.8. The number of carbonyl (C=O) groups excluding carboxylic acids is 2.